The van der Waals surface area contributed by atoms with E-state index >= 15 is 0 Å². The Morgan fingerprint density at radius 1 is 1.42 bits per heavy atom. The SMILES string of the molecule is C[C@@H](C=O)NC(=O)Cc1ccc(F)cc1C(F)(F)F. The summed E-state index contributed by atoms with van der Waals surface area (Å²) in [7, 11) is 0. The highest BCUT2D eigenvalue weighted by Gasteiger charge is 2.34. The molecule has 0 spiro atoms. The van der Waals surface area contributed by atoms with Crippen LogP contribution in [0.1, 0.15) is 18.1 Å². The number of carbonyl (C=O) groups excluding carboxylic acids is 2. The number of benzene rings is 1. The molecule has 0 saturated carbocycles. The summed E-state index contributed by atoms with van der Waals surface area (Å²) >= 11 is 0. The van der Waals surface area contributed by atoms with Crippen LogP contribution in [0.3, 0.4) is 0 Å². The fourth-order valence-electron chi connectivity index (χ4n) is 1.48. The maximum Gasteiger partial charge on any atom is 0.416 e. The third-order valence-corrected chi connectivity index (χ3v) is 2.32. The molecule has 0 bridgehead atoms. The van der Waals surface area contributed by atoms with Crippen LogP contribution in [0.15, 0.2) is 18.2 Å². The molecule has 1 N–H and O–H groups in total. The Hall–Kier alpha value is -1.92. The molecule has 19 heavy (non-hydrogen) atoms. The molecule has 0 fully saturated rings. The van der Waals surface area contributed by atoms with Crippen LogP contribution in [0.25, 0.3) is 0 Å². The van der Waals surface area contributed by atoms with Gasteiger partial charge in [0.05, 0.1) is 18.0 Å². The summed E-state index contributed by atoms with van der Waals surface area (Å²) in [4.78, 5) is 21.7. The van der Waals surface area contributed by atoms with Gasteiger partial charge in [-0.3, -0.25) is 4.79 Å². The monoisotopic (exact) mass is 277 g/mol. The zero-order chi connectivity index (χ0) is 14.6. The van der Waals surface area contributed by atoms with Crippen LogP contribution in [0, 0.1) is 5.82 Å². The second-order valence-electron chi connectivity index (χ2n) is 3.97. The minimum absolute atomic E-state index is 0.339. The lowest BCUT2D eigenvalue weighted by atomic mass is 10.0. The van der Waals surface area contributed by atoms with E-state index in [9.17, 15) is 27.2 Å². The van der Waals surface area contributed by atoms with Crippen LogP contribution in [0.2, 0.25) is 0 Å². The lowest BCUT2D eigenvalue weighted by Crippen LogP contribution is -2.35. The van der Waals surface area contributed by atoms with Crippen molar-refractivity contribution in [1.82, 2.24) is 5.32 Å². The highest BCUT2D eigenvalue weighted by Crippen LogP contribution is 2.32. The van der Waals surface area contributed by atoms with Gasteiger partial charge in [-0.25, -0.2) is 4.39 Å². The minimum Gasteiger partial charge on any atom is -0.347 e. The summed E-state index contributed by atoms with van der Waals surface area (Å²) in [5.74, 6) is -1.77. The molecular weight excluding hydrogens is 266 g/mol. The van der Waals surface area contributed by atoms with Crippen molar-refractivity contribution in [3.05, 3.63) is 35.1 Å². The van der Waals surface area contributed by atoms with Gasteiger partial charge in [0.1, 0.15) is 12.1 Å². The molecule has 0 radical (unpaired) electrons. The maximum atomic E-state index is 12.8. The standard InChI is InChI=1S/C12H11F4NO2/c1-7(6-18)17-11(19)4-8-2-3-9(13)5-10(8)12(14,15)16/h2-3,5-7H,4H2,1H3,(H,17,19)/t7-/m0/s1. The highest BCUT2D eigenvalue weighted by atomic mass is 19.4. The van der Waals surface area contributed by atoms with Crippen molar-refractivity contribution in [3.8, 4) is 0 Å². The number of amides is 1. The van der Waals surface area contributed by atoms with E-state index in [0.717, 1.165) is 12.1 Å². The van der Waals surface area contributed by atoms with Gasteiger partial charge in [-0.05, 0) is 24.6 Å². The minimum atomic E-state index is -4.74. The van der Waals surface area contributed by atoms with Crippen LogP contribution in [0.4, 0.5) is 17.6 Å². The Bertz CT molecular complexity index is 485. The van der Waals surface area contributed by atoms with Gasteiger partial charge in [-0.2, -0.15) is 13.2 Å². The number of hydrogen-bond acceptors (Lipinski definition) is 2. The Labute approximate surface area is 106 Å². The number of hydrogen-bond donors (Lipinski definition) is 1. The molecule has 0 unspecified atom stereocenters. The van der Waals surface area contributed by atoms with Crippen LogP contribution in [-0.4, -0.2) is 18.2 Å². The van der Waals surface area contributed by atoms with Gasteiger partial charge in [-0.1, -0.05) is 6.07 Å². The van der Waals surface area contributed by atoms with Gasteiger partial charge in [0.25, 0.3) is 0 Å². The van der Waals surface area contributed by atoms with Gasteiger partial charge < -0.3 is 10.1 Å². The average molecular weight is 277 g/mol. The number of alkyl halides is 3. The van der Waals surface area contributed by atoms with Crippen molar-refractivity contribution < 1.29 is 27.2 Å². The average Bonchev–Trinajstić information content (AvgIpc) is 2.29. The fraction of sp³-hybridized carbons (Fsp3) is 0.333. The normalized spacial score (nSPS) is 12.9. The van der Waals surface area contributed by atoms with Crippen molar-refractivity contribution in [3.63, 3.8) is 0 Å². The van der Waals surface area contributed by atoms with E-state index in [1.165, 1.54) is 6.92 Å². The summed E-state index contributed by atoms with van der Waals surface area (Å²) < 4.78 is 50.8. The summed E-state index contributed by atoms with van der Waals surface area (Å²) in [6.45, 7) is 1.39. The van der Waals surface area contributed by atoms with Gasteiger partial charge in [0.15, 0.2) is 0 Å². The molecule has 1 amide bonds. The number of nitrogens with one attached hydrogen (secondary N) is 1. The lowest BCUT2D eigenvalue weighted by molar-refractivity contribution is -0.138. The molecule has 0 saturated heterocycles. The van der Waals surface area contributed by atoms with E-state index in [-0.39, 0.29) is 5.56 Å². The molecule has 7 heteroatoms. The number of halogens is 4. The van der Waals surface area contributed by atoms with Gasteiger partial charge in [0, 0.05) is 0 Å². The molecule has 1 aromatic carbocycles. The first kappa shape index (κ1) is 15.1. The van der Waals surface area contributed by atoms with Gasteiger partial charge in [-0.15, -0.1) is 0 Å². The molecule has 1 aromatic rings. The first-order valence-electron chi connectivity index (χ1n) is 5.34. The van der Waals surface area contributed by atoms with Crippen molar-refractivity contribution in [2.75, 3.05) is 0 Å². The van der Waals surface area contributed by atoms with Gasteiger partial charge in [0.2, 0.25) is 5.91 Å². The molecule has 1 atom stereocenters. The first-order valence-corrected chi connectivity index (χ1v) is 5.34. The van der Waals surface area contributed by atoms with E-state index in [0.29, 0.717) is 12.4 Å². The summed E-state index contributed by atoms with van der Waals surface area (Å²) in [6.07, 6.45) is -4.87. The largest absolute Gasteiger partial charge is 0.416 e. The Morgan fingerprint density at radius 2 is 2.05 bits per heavy atom. The van der Waals surface area contributed by atoms with Crippen LogP contribution in [0.5, 0.6) is 0 Å². The second-order valence-corrected chi connectivity index (χ2v) is 3.97. The van der Waals surface area contributed by atoms with E-state index in [1.807, 2.05) is 0 Å². The molecule has 1 rings (SSSR count). The first-order chi connectivity index (χ1) is 8.74. The molecule has 0 aliphatic heterocycles. The van der Waals surface area contributed by atoms with Crippen molar-refractivity contribution in [2.24, 2.45) is 0 Å². The van der Waals surface area contributed by atoms with Crippen molar-refractivity contribution in [2.45, 2.75) is 25.6 Å². The second kappa shape index (κ2) is 5.81. The molecule has 0 aliphatic rings. The number of rotatable bonds is 4. The van der Waals surface area contributed by atoms with Crippen molar-refractivity contribution >= 4 is 12.2 Å². The van der Waals surface area contributed by atoms with Crippen molar-refractivity contribution in [1.29, 1.82) is 0 Å². The molecule has 0 aliphatic carbocycles. The topological polar surface area (TPSA) is 46.2 Å². The number of aldehydes is 1. The van der Waals surface area contributed by atoms with E-state index in [2.05, 4.69) is 5.32 Å². The van der Waals surface area contributed by atoms with Crippen LogP contribution < -0.4 is 5.32 Å². The summed E-state index contributed by atoms with van der Waals surface area (Å²) in [5, 5.41) is 2.20. The molecule has 3 nitrogen and oxygen atoms in total. The quantitative estimate of drug-likeness (QED) is 0.676. The molecule has 104 valence electrons. The third-order valence-electron chi connectivity index (χ3n) is 2.32. The molecular formula is C12H11F4NO2. The Morgan fingerprint density at radius 3 is 2.58 bits per heavy atom. The Kier molecular flexibility index (Phi) is 4.63. The van der Waals surface area contributed by atoms with Crippen LogP contribution in [-0.2, 0) is 22.2 Å². The van der Waals surface area contributed by atoms with Gasteiger partial charge >= 0.3 is 6.18 Å². The van der Waals surface area contributed by atoms with E-state index < -0.39 is 35.9 Å². The van der Waals surface area contributed by atoms with E-state index in [1.54, 1.807) is 0 Å². The smallest absolute Gasteiger partial charge is 0.347 e. The zero-order valence-electron chi connectivity index (χ0n) is 9.92. The third kappa shape index (κ3) is 4.35. The maximum absolute atomic E-state index is 12.8. The lowest BCUT2D eigenvalue weighted by Gasteiger charge is -2.13. The predicted molar refractivity (Wildman–Crippen MR) is 58.8 cm³/mol. The molecule has 0 aromatic heterocycles. The fourth-order valence-corrected chi connectivity index (χ4v) is 1.48. The molecule has 0 heterocycles. The summed E-state index contributed by atoms with van der Waals surface area (Å²) in [5.41, 5.74) is -1.54. The summed E-state index contributed by atoms with van der Waals surface area (Å²) in [6, 6.07) is 1.30. The Balaban J connectivity index is 2.95. The van der Waals surface area contributed by atoms with E-state index in [4.69, 9.17) is 0 Å². The highest BCUT2D eigenvalue weighted by molar-refractivity contribution is 5.81. The predicted octanol–water partition coefficient (Wildman–Crippen LogP) is 2.09. The number of carbonyl (C=O) groups is 2. The zero-order valence-corrected chi connectivity index (χ0v) is 9.92. The van der Waals surface area contributed by atoms with Crippen LogP contribution >= 0.6 is 0 Å².